The monoisotopic (exact) mass is 357 g/mol. The van der Waals surface area contributed by atoms with Crippen molar-refractivity contribution in [2.75, 3.05) is 0 Å². The maximum Gasteiger partial charge on any atom is 0.300 e. The van der Waals surface area contributed by atoms with Gasteiger partial charge in [0, 0.05) is 31.4 Å². The number of hydrogen-bond acceptors (Lipinski definition) is 5. The second-order valence-electron chi connectivity index (χ2n) is 5.40. The van der Waals surface area contributed by atoms with Gasteiger partial charge in [0.15, 0.2) is 10.5 Å². The highest BCUT2D eigenvalue weighted by molar-refractivity contribution is 7.16. The highest BCUT2D eigenvalue weighted by Crippen LogP contribution is 2.23. The van der Waals surface area contributed by atoms with Crippen molar-refractivity contribution in [3.05, 3.63) is 63.2 Å². The van der Waals surface area contributed by atoms with E-state index in [1.54, 1.807) is 34.5 Å². The number of nitro groups is 1. The molecule has 0 radical (unpaired) electrons. The molecule has 1 aromatic carbocycles. The molecule has 0 spiro atoms. The van der Waals surface area contributed by atoms with Gasteiger partial charge < -0.3 is 4.57 Å². The second kappa shape index (κ2) is 6.44. The molecule has 2 heterocycles. The largest absolute Gasteiger partial charge is 0.312 e. The zero-order valence-corrected chi connectivity index (χ0v) is 14.5. The van der Waals surface area contributed by atoms with E-state index in [0.717, 1.165) is 10.4 Å². The van der Waals surface area contributed by atoms with Crippen LogP contribution in [0.25, 0.3) is 10.2 Å². The summed E-state index contributed by atoms with van der Waals surface area (Å²) in [7, 11) is 1.75. The number of amides is 1. The van der Waals surface area contributed by atoms with Gasteiger partial charge in [-0.05, 0) is 19.1 Å². The van der Waals surface area contributed by atoms with Gasteiger partial charge >= 0.3 is 0 Å². The van der Waals surface area contributed by atoms with Crippen LogP contribution >= 0.6 is 11.3 Å². The topological polar surface area (TPSA) is 95.3 Å². The molecular formula is C16H15N5O3S. The Labute approximate surface area is 146 Å². The fourth-order valence-corrected chi connectivity index (χ4v) is 3.39. The average Bonchev–Trinajstić information content (AvgIpc) is 3.08. The summed E-state index contributed by atoms with van der Waals surface area (Å²) in [4.78, 5) is 27.6. The third-order valence-electron chi connectivity index (χ3n) is 3.72. The molecule has 0 N–H and O–H groups in total. The summed E-state index contributed by atoms with van der Waals surface area (Å²) in [6.45, 7) is 5.93. The minimum atomic E-state index is -0.456. The highest BCUT2D eigenvalue weighted by Gasteiger charge is 2.14. The van der Waals surface area contributed by atoms with Gasteiger partial charge in [-0.25, -0.2) is 0 Å². The molecule has 2 aromatic heterocycles. The molecule has 9 heteroatoms. The molecule has 0 unspecified atom stereocenters. The van der Waals surface area contributed by atoms with E-state index in [-0.39, 0.29) is 11.4 Å². The lowest BCUT2D eigenvalue weighted by Crippen LogP contribution is -2.16. The molecule has 1 amide bonds. The number of thiazole rings is 1. The molecule has 0 saturated heterocycles. The van der Waals surface area contributed by atoms with Crippen LogP contribution in [-0.4, -0.2) is 25.2 Å². The smallest absolute Gasteiger partial charge is 0.300 e. The molecule has 0 saturated carbocycles. The maximum absolute atomic E-state index is 12.4. The molecule has 0 atom stereocenters. The lowest BCUT2D eigenvalue weighted by molar-refractivity contribution is -0.384. The minimum absolute atomic E-state index is 0.0126. The summed E-state index contributed by atoms with van der Waals surface area (Å²) in [6.07, 6.45) is 1.65. The lowest BCUT2D eigenvalue weighted by atomic mass is 10.3. The van der Waals surface area contributed by atoms with Crippen LogP contribution in [0.5, 0.6) is 0 Å². The van der Waals surface area contributed by atoms with Gasteiger partial charge in [0.1, 0.15) is 0 Å². The molecule has 0 bridgehead atoms. The van der Waals surface area contributed by atoms with Crippen LogP contribution < -0.4 is 4.80 Å². The van der Waals surface area contributed by atoms with E-state index in [1.807, 2.05) is 6.92 Å². The van der Waals surface area contributed by atoms with Gasteiger partial charge in [0.2, 0.25) is 0 Å². The number of carbonyl (C=O) groups is 1. The van der Waals surface area contributed by atoms with Crippen molar-refractivity contribution in [1.82, 2.24) is 14.3 Å². The Morgan fingerprint density at radius 2 is 2.24 bits per heavy atom. The summed E-state index contributed by atoms with van der Waals surface area (Å²) < 4.78 is 4.14. The first-order valence-electron chi connectivity index (χ1n) is 7.39. The fourth-order valence-electron chi connectivity index (χ4n) is 2.37. The molecule has 0 fully saturated rings. The third kappa shape index (κ3) is 3.13. The first kappa shape index (κ1) is 16.8. The SMILES string of the molecule is C=CCn1c(=NC(=O)c2cc(C)n(C)n2)sc2ccc([N+](=O)[O-])cc21. The van der Waals surface area contributed by atoms with Gasteiger partial charge in [-0.1, -0.05) is 17.4 Å². The standard InChI is InChI=1S/C16H15N5O3S/c1-4-7-20-13-9-11(21(23)24)5-6-14(13)25-16(20)17-15(22)12-8-10(2)19(3)18-12/h4-6,8-9H,1,7H2,2-3H3. The summed E-state index contributed by atoms with van der Waals surface area (Å²) in [5.41, 5.74) is 1.74. The van der Waals surface area contributed by atoms with Crippen molar-refractivity contribution in [2.45, 2.75) is 13.5 Å². The summed E-state index contributed by atoms with van der Waals surface area (Å²) in [5.74, 6) is -0.456. The van der Waals surface area contributed by atoms with E-state index in [1.165, 1.54) is 23.5 Å². The molecule has 3 rings (SSSR count). The van der Waals surface area contributed by atoms with Crippen molar-refractivity contribution in [3.63, 3.8) is 0 Å². The zero-order valence-electron chi connectivity index (χ0n) is 13.7. The fraction of sp³-hybridized carbons (Fsp3) is 0.188. The number of hydrogen-bond donors (Lipinski definition) is 0. The van der Waals surface area contributed by atoms with Crippen LogP contribution in [0.15, 0.2) is 41.9 Å². The average molecular weight is 357 g/mol. The van der Waals surface area contributed by atoms with Crippen molar-refractivity contribution in [3.8, 4) is 0 Å². The highest BCUT2D eigenvalue weighted by atomic mass is 32.1. The molecule has 0 aliphatic carbocycles. The third-order valence-corrected chi connectivity index (χ3v) is 4.78. The number of aryl methyl sites for hydroxylation is 2. The Balaban J connectivity index is 2.17. The number of non-ortho nitro benzene ring substituents is 1. The van der Waals surface area contributed by atoms with Crippen LogP contribution in [0, 0.1) is 17.0 Å². The number of aromatic nitrogens is 3. The van der Waals surface area contributed by atoms with Crippen LogP contribution in [0.4, 0.5) is 5.69 Å². The van der Waals surface area contributed by atoms with Crippen LogP contribution in [0.1, 0.15) is 16.2 Å². The number of nitrogens with zero attached hydrogens (tertiary/aromatic N) is 5. The van der Waals surface area contributed by atoms with Crippen LogP contribution in [0.2, 0.25) is 0 Å². The Morgan fingerprint density at radius 1 is 1.48 bits per heavy atom. The Bertz CT molecular complexity index is 1050. The molecule has 25 heavy (non-hydrogen) atoms. The number of carbonyl (C=O) groups excluding carboxylic acids is 1. The summed E-state index contributed by atoms with van der Waals surface area (Å²) >= 11 is 1.29. The Kier molecular flexibility index (Phi) is 4.32. The number of nitro benzene ring substituents is 1. The maximum atomic E-state index is 12.4. The van der Waals surface area contributed by atoms with Gasteiger partial charge in [-0.2, -0.15) is 10.1 Å². The molecule has 0 aliphatic rings. The predicted molar refractivity (Wildman–Crippen MR) is 94.5 cm³/mol. The second-order valence-corrected chi connectivity index (χ2v) is 6.41. The van der Waals surface area contributed by atoms with Crippen molar-refractivity contribution in [2.24, 2.45) is 12.0 Å². The number of rotatable bonds is 4. The van der Waals surface area contributed by atoms with Crippen molar-refractivity contribution < 1.29 is 9.72 Å². The lowest BCUT2D eigenvalue weighted by Gasteiger charge is -2.00. The summed E-state index contributed by atoms with van der Waals surface area (Å²) in [6, 6.07) is 6.24. The van der Waals surface area contributed by atoms with E-state index in [9.17, 15) is 14.9 Å². The van der Waals surface area contributed by atoms with Gasteiger partial charge in [0.05, 0.1) is 15.1 Å². The molecule has 3 aromatic rings. The Hall–Kier alpha value is -3.07. The molecule has 8 nitrogen and oxygen atoms in total. The van der Waals surface area contributed by atoms with E-state index in [4.69, 9.17) is 0 Å². The van der Waals surface area contributed by atoms with E-state index in [2.05, 4.69) is 16.7 Å². The molecule has 0 aliphatic heterocycles. The number of allylic oxidation sites excluding steroid dienone is 1. The first-order chi connectivity index (χ1) is 11.9. The van der Waals surface area contributed by atoms with Gasteiger partial charge in [-0.15, -0.1) is 6.58 Å². The number of benzene rings is 1. The molecular weight excluding hydrogens is 342 g/mol. The minimum Gasteiger partial charge on any atom is -0.312 e. The van der Waals surface area contributed by atoms with E-state index < -0.39 is 10.8 Å². The molecule has 128 valence electrons. The normalized spacial score (nSPS) is 11.8. The quantitative estimate of drug-likeness (QED) is 0.407. The summed E-state index contributed by atoms with van der Waals surface area (Å²) in [5, 5.41) is 15.1. The Morgan fingerprint density at radius 3 is 2.84 bits per heavy atom. The van der Waals surface area contributed by atoms with Gasteiger partial charge in [0.25, 0.3) is 11.6 Å². The zero-order chi connectivity index (χ0) is 18.1. The number of fused-ring (bicyclic) bond motifs is 1. The predicted octanol–water partition coefficient (Wildman–Crippen LogP) is 2.58. The van der Waals surface area contributed by atoms with Crippen LogP contribution in [0.3, 0.4) is 0 Å². The van der Waals surface area contributed by atoms with Crippen molar-refractivity contribution in [1.29, 1.82) is 0 Å². The van der Waals surface area contributed by atoms with E-state index in [0.29, 0.717) is 16.9 Å². The first-order valence-corrected chi connectivity index (χ1v) is 8.20. The van der Waals surface area contributed by atoms with Gasteiger partial charge in [-0.3, -0.25) is 19.6 Å². The van der Waals surface area contributed by atoms with E-state index >= 15 is 0 Å². The van der Waals surface area contributed by atoms with Crippen LogP contribution in [-0.2, 0) is 13.6 Å². The van der Waals surface area contributed by atoms with Crippen molar-refractivity contribution >= 4 is 33.1 Å².